The Labute approximate surface area is 123 Å². The van der Waals surface area contributed by atoms with E-state index in [4.69, 9.17) is 5.73 Å². The third kappa shape index (κ3) is 4.01. The molecule has 1 fully saturated rings. The van der Waals surface area contributed by atoms with E-state index in [1.807, 2.05) is 0 Å². The lowest BCUT2D eigenvalue weighted by molar-refractivity contribution is -0.385. The number of nitro groups is 1. The molecule has 0 aliphatic heterocycles. The number of nitrogens with two attached hydrogens (primary N) is 1. The Bertz CT molecular complexity index is 519. The molecule has 0 heterocycles. The summed E-state index contributed by atoms with van der Waals surface area (Å²) in [6, 6.07) is 6.33. The number of nitro benzene ring substituents is 1. The molecular formula is C15H21N3O3. The van der Waals surface area contributed by atoms with Gasteiger partial charge in [0, 0.05) is 24.2 Å². The summed E-state index contributed by atoms with van der Waals surface area (Å²) in [5.41, 5.74) is 6.60. The van der Waals surface area contributed by atoms with Crippen LogP contribution in [0.2, 0.25) is 0 Å². The van der Waals surface area contributed by atoms with E-state index in [1.165, 1.54) is 6.07 Å². The van der Waals surface area contributed by atoms with Gasteiger partial charge in [-0.05, 0) is 12.8 Å². The second-order valence-corrected chi connectivity index (χ2v) is 5.51. The summed E-state index contributed by atoms with van der Waals surface area (Å²) >= 11 is 0. The van der Waals surface area contributed by atoms with Gasteiger partial charge < -0.3 is 11.1 Å². The van der Waals surface area contributed by atoms with E-state index < -0.39 is 4.92 Å². The highest BCUT2D eigenvalue weighted by Crippen LogP contribution is 2.23. The van der Waals surface area contributed by atoms with Crippen LogP contribution in [0.3, 0.4) is 0 Å². The van der Waals surface area contributed by atoms with Crippen molar-refractivity contribution in [2.45, 2.75) is 44.7 Å². The molecule has 2 atom stereocenters. The maximum absolute atomic E-state index is 12.3. The normalized spacial score (nSPS) is 22.3. The van der Waals surface area contributed by atoms with Crippen molar-refractivity contribution in [1.29, 1.82) is 0 Å². The van der Waals surface area contributed by atoms with Crippen LogP contribution < -0.4 is 11.1 Å². The summed E-state index contributed by atoms with van der Waals surface area (Å²) in [6.45, 7) is 0.166. The first-order chi connectivity index (χ1) is 10.1. The van der Waals surface area contributed by atoms with Gasteiger partial charge in [-0.1, -0.05) is 37.5 Å². The molecule has 1 saturated carbocycles. The molecule has 1 aliphatic carbocycles. The van der Waals surface area contributed by atoms with Crippen LogP contribution in [0.4, 0.5) is 5.69 Å². The molecule has 2 rings (SSSR count). The van der Waals surface area contributed by atoms with Crippen LogP contribution in [0.5, 0.6) is 0 Å². The Kier molecular flexibility index (Phi) is 5.27. The van der Waals surface area contributed by atoms with E-state index in [-0.39, 0.29) is 30.1 Å². The number of carbonyl (C=O) groups is 1. The molecule has 6 heteroatoms. The maximum Gasteiger partial charge on any atom is 0.274 e. The molecule has 0 saturated heterocycles. The predicted octanol–water partition coefficient (Wildman–Crippen LogP) is 2.12. The monoisotopic (exact) mass is 291 g/mol. The first-order valence-corrected chi connectivity index (χ1v) is 7.35. The molecule has 0 aromatic heterocycles. The minimum Gasteiger partial charge on any atom is -0.351 e. The third-order valence-corrected chi connectivity index (χ3v) is 4.05. The predicted molar refractivity (Wildman–Crippen MR) is 79.5 cm³/mol. The number of hydrogen-bond acceptors (Lipinski definition) is 4. The minimum atomic E-state index is -0.432. The molecule has 6 nitrogen and oxygen atoms in total. The Hall–Kier alpha value is -1.95. The molecule has 3 N–H and O–H groups in total. The van der Waals surface area contributed by atoms with Crippen molar-refractivity contribution >= 4 is 11.6 Å². The largest absolute Gasteiger partial charge is 0.351 e. The van der Waals surface area contributed by atoms with Crippen LogP contribution in [0.1, 0.15) is 37.7 Å². The lowest BCUT2D eigenvalue weighted by Crippen LogP contribution is -2.41. The number of nitrogens with zero attached hydrogens (tertiary/aromatic N) is 1. The van der Waals surface area contributed by atoms with Gasteiger partial charge in [-0.25, -0.2) is 0 Å². The standard InChI is InChI=1S/C15H21N3O3/c16-13-8-3-1-2-7-12(13)15(19)17-10-11-6-4-5-9-14(11)18(20)21/h4-6,9,12-13H,1-3,7-8,10,16H2,(H,17,19). The molecule has 0 bridgehead atoms. The summed E-state index contributed by atoms with van der Waals surface area (Å²) in [4.78, 5) is 22.8. The molecule has 114 valence electrons. The van der Waals surface area contributed by atoms with Crippen molar-refractivity contribution in [1.82, 2.24) is 5.32 Å². The molecule has 1 aliphatic rings. The fraction of sp³-hybridized carbons (Fsp3) is 0.533. The molecule has 21 heavy (non-hydrogen) atoms. The number of nitrogens with one attached hydrogen (secondary N) is 1. The van der Waals surface area contributed by atoms with Gasteiger partial charge in [-0.3, -0.25) is 14.9 Å². The molecule has 0 spiro atoms. The molecular weight excluding hydrogens is 270 g/mol. The van der Waals surface area contributed by atoms with Gasteiger partial charge in [0.2, 0.25) is 5.91 Å². The SMILES string of the molecule is NC1CCCCCC1C(=O)NCc1ccccc1[N+](=O)[O-]. The fourth-order valence-corrected chi connectivity index (χ4v) is 2.81. The highest BCUT2D eigenvalue weighted by atomic mass is 16.6. The van der Waals surface area contributed by atoms with Crippen LogP contribution in [0.15, 0.2) is 24.3 Å². The van der Waals surface area contributed by atoms with E-state index >= 15 is 0 Å². The average molecular weight is 291 g/mol. The maximum atomic E-state index is 12.3. The van der Waals surface area contributed by atoms with Crippen LogP contribution >= 0.6 is 0 Å². The number of hydrogen-bond donors (Lipinski definition) is 2. The zero-order valence-electron chi connectivity index (χ0n) is 12.0. The Balaban J connectivity index is 1.99. The summed E-state index contributed by atoms with van der Waals surface area (Å²) in [5.74, 6) is -0.280. The van der Waals surface area contributed by atoms with Crippen LogP contribution in [0.25, 0.3) is 0 Å². The van der Waals surface area contributed by atoms with Gasteiger partial charge in [0.25, 0.3) is 5.69 Å². The van der Waals surface area contributed by atoms with E-state index in [2.05, 4.69) is 5.32 Å². The van der Waals surface area contributed by atoms with Crippen LogP contribution in [0, 0.1) is 16.0 Å². The van der Waals surface area contributed by atoms with Crippen molar-refractivity contribution in [3.63, 3.8) is 0 Å². The Morgan fingerprint density at radius 3 is 2.76 bits per heavy atom. The van der Waals surface area contributed by atoms with Crippen molar-refractivity contribution in [3.8, 4) is 0 Å². The van der Waals surface area contributed by atoms with Gasteiger partial charge in [0.15, 0.2) is 0 Å². The van der Waals surface area contributed by atoms with Crippen molar-refractivity contribution in [2.24, 2.45) is 11.7 Å². The summed E-state index contributed by atoms with van der Waals surface area (Å²) in [7, 11) is 0. The molecule has 0 radical (unpaired) electrons. The molecule has 1 aromatic carbocycles. The number of carbonyl (C=O) groups excluding carboxylic acids is 1. The lowest BCUT2D eigenvalue weighted by atomic mass is 9.94. The van der Waals surface area contributed by atoms with E-state index in [0.29, 0.717) is 5.56 Å². The number of amides is 1. The lowest BCUT2D eigenvalue weighted by Gasteiger charge is -2.20. The number of benzene rings is 1. The smallest absolute Gasteiger partial charge is 0.274 e. The summed E-state index contributed by atoms with van der Waals surface area (Å²) in [5, 5.41) is 13.7. The number of rotatable bonds is 4. The molecule has 2 unspecified atom stereocenters. The zero-order valence-corrected chi connectivity index (χ0v) is 12.0. The highest BCUT2D eigenvalue weighted by molar-refractivity contribution is 5.79. The Morgan fingerprint density at radius 1 is 1.29 bits per heavy atom. The molecule has 1 amide bonds. The highest BCUT2D eigenvalue weighted by Gasteiger charge is 2.27. The first-order valence-electron chi connectivity index (χ1n) is 7.35. The van der Waals surface area contributed by atoms with E-state index in [0.717, 1.165) is 32.1 Å². The van der Waals surface area contributed by atoms with Gasteiger partial charge in [0.05, 0.1) is 10.8 Å². The number of para-hydroxylation sites is 1. The molecule has 1 aromatic rings. The van der Waals surface area contributed by atoms with Gasteiger partial charge >= 0.3 is 0 Å². The topological polar surface area (TPSA) is 98.3 Å². The zero-order chi connectivity index (χ0) is 15.2. The minimum absolute atomic E-state index is 0.0305. The van der Waals surface area contributed by atoms with Crippen LogP contribution in [-0.2, 0) is 11.3 Å². The second kappa shape index (κ2) is 7.17. The van der Waals surface area contributed by atoms with Crippen molar-refractivity contribution in [3.05, 3.63) is 39.9 Å². The summed E-state index contributed by atoms with van der Waals surface area (Å²) in [6.07, 6.45) is 4.85. The van der Waals surface area contributed by atoms with Crippen LogP contribution in [-0.4, -0.2) is 16.9 Å². The average Bonchev–Trinajstić information content (AvgIpc) is 2.69. The fourth-order valence-electron chi connectivity index (χ4n) is 2.81. The summed E-state index contributed by atoms with van der Waals surface area (Å²) < 4.78 is 0. The van der Waals surface area contributed by atoms with Gasteiger partial charge in [0.1, 0.15) is 0 Å². The van der Waals surface area contributed by atoms with E-state index in [1.54, 1.807) is 18.2 Å². The second-order valence-electron chi connectivity index (χ2n) is 5.51. The third-order valence-electron chi connectivity index (χ3n) is 4.05. The van der Waals surface area contributed by atoms with Crippen molar-refractivity contribution < 1.29 is 9.72 Å². The Morgan fingerprint density at radius 2 is 2.00 bits per heavy atom. The van der Waals surface area contributed by atoms with E-state index in [9.17, 15) is 14.9 Å². The first kappa shape index (κ1) is 15.4. The van der Waals surface area contributed by atoms with Gasteiger partial charge in [-0.2, -0.15) is 0 Å². The van der Waals surface area contributed by atoms with Gasteiger partial charge in [-0.15, -0.1) is 0 Å². The van der Waals surface area contributed by atoms with Crippen molar-refractivity contribution in [2.75, 3.05) is 0 Å². The quantitative estimate of drug-likeness (QED) is 0.504.